The van der Waals surface area contributed by atoms with Crippen LogP contribution in [0.3, 0.4) is 0 Å². The van der Waals surface area contributed by atoms with Crippen LogP contribution < -0.4 is 5.32 Å². The first-order valence-electron chi connectivity index (χ1n) is 6.74. The first-order chi connectivity index (χ1) is 10.5. The maximum Gasteiger partial charge on any atom is 0.341 e. The van der Waals surface area contributed by atoms with E-state index >= 15 is 0 Å². The molecule has 0 spiro atoms. The summed E-state index contributed by atoms with van der Waals surface area (Å²) in [6, 6.07) is 0. The molecule has 116 valence electrons. The zero-order valence-corrected chi connectivity index (χ0v) is 15.1. The van der Waals surface area contributed by atoms with Gasteiger partial charge in [0.1, 0.15) is 10.7 Å². The number of aryl methyl sites for hydroxylation is 2. The largest absolute Gasteiger partial charge is 0.465 e. The number of anilines is 1. The van der Waals surface area contributed by atoms with Crippen LogP contribution in [0, 0.1) is 3.57 Å². The van der Waals surface area contributed by atoms with Gasteiger partial charge < -0.3 is 10.1 Å². The maximum absolute atomic E-state index is 12.5. The van der Waals surface area contributed by atoms with Crippen molar-refractivity contribution < 1.29 is 14.3 Å². The van der Waals surface area contributed by atoms with E-state index < -0.39 is 5.97 Å². The maximum atomic E-state index is 12.5. The van der Waals surface area contributed by atoms with Gasteiger partial charge in [-0.2, -0.15) is 5.10 Å². The molecule has 2 aromatic heterocycles. The van der Waals surface area contributed by atoms with Crippen LogP contribution in [0.25, 0.3) is 0 Å². The molecular weight excluding hydrogens is 417 g/mol. The highest BCUT2D eigenvalue weighted by molar-refractivity contribution is 14.1. The van der Waals surface area contributed by atoms with Gasteiger partial charge in [-0.1, -0.05) is 0 Å². The van der Waals surface area contributed by atoms with Crippen LogP contribution in [0.15, 0.2) is 6.20 Å². The van der Waals surface area contributed by atoms with E-state index in [-0.39, 0.29) is 5.91 Å². The van der Waals surface area contributed by atoms with Crippen molar-refractivity contribution >= 4 is 50.8 Å². The molecule has 1 N–H and O–H groups in total. The number of thiophene rings is 1. The van der Waals surface area contributed by atoms with Crippen LogP contribution in [0.2, 0.25) is 0 Å². The zero-order chi connectivity index (χ0) is 15.9. The molecule has 0 aliphatic heterocycles. The van der Waals surface area contributed by atoms with Crippen molar-refractivity contribution in [2.75, 3.05) is 12.4 Å². The number of carbonyl (C=O) groups excluding carboxylic acids is 2. The fourth-order valence-electron chi connectivity index (χ4n) is 2.64. The third-order valence-corrected chi connectivity index (χ3v) is 5.64. The second-order valence-corrected chi connectivity index (χ2v) is 7.24. The quantitative estimate of drug-likeness (QED) is 0.599. The number of hydrogen-bond acceptors (Lipinski definition) is 5. The number of nitrogens with zero attached hydrogens (tertiary/aromatic N) is 2. The minimum atomic E-state index is -0.394. The lowest BCUT2D eigenvalue weighted by molar-refractivity contribution is 0.0601. The standard InChI is InChI=1S/C14H14IN3O3S/c1-18-11(8(15)6-16-18)12(19)17-13-10(14(20)21-2)7-4-3-5-9(7)22-13/h6H,3-5H2,1-2H3,(H,17,19). The second-order valence-electron chi connectivity index (χ2n) is 4.97. The number of halogens is 1. The normalized spacial score (nSPS) is 13.0. The van der Waals surface area contributed by atoms with Gasteiger partial charge in [0.15, 0.2) is 0 Å². The van der Waals surface area contributed by atoms with Crippen LogP contribution in [0.4, 0.5) is 5.00 Å². The van der Waals surface area contributed by atoms with E-state index in [0.717, 1.165) is 33.3 Å². The summed E-state index contributed by atoms with van der Waals surface area (Å²) in [6.07, 6.45) is 4.47. The van der Waals surface area contributed by atoms with E-state index in [1.165, 1.54) is 23.1 Å². The van der Waals surface area contributed by atoms with Gasteiger partial charge >= 0.3 is 5.97 Å². The Morgan fingerprint density at radius 1 is 1.45 bits per heavy atom. The fourth-order valence-corrected chi connectivity index (χ4v) is 4.63. The van der Waals surface area contributed by atoms with Crippen molar-refractivity contribution in [1.29, 1.82) is 0 Å². The van der Waals surface area contributed by atoms with E-state index in [0.29, 0.717) is 16.3 Å². The molecule has 0 fully saturated rings. The smallest absolute Gasteiger partial charge is 0.341 e. The molecule has 2 heterocycles. The number of nitrogens with one attached hydrogen (secondary N) is 1. The molecule has 0 saturated heterocycles. The number of carbonyl (C=O) groups is 2. The average molecular weight is 431 g/mol. The van der Waals surface area contributed by atoms with E-state index in [2.05, 4.69) is 33.0 Å². The third kappa shape index (κ3) is 2.54. The summed E-state index contributed by atoms with van der Waals surface area (Å²) in [5.74, 6) is -0.663. The number of rotatable bonds is 3. The first kappa shape index (κ1) is 15.5. The molecule has 2 aromatic rings. The van der Waals surface area contributed by atoms with Crippen LogP contribution >= 0.6 is 33.9 Å². The van der Waals surface area contributed by atoms with Crippen molar-refractivity contribution in [3.8, 4) is 0 Å². The van der Waals surface area contributed by atoms with Crippen molar-refractivity contribution in [1.82, 2.24) is 9.78 Å². The van der Waals surface area contributed by atoms with Gasteiger partial charge in [-0.3, -0.25) is 9.48 Å². The Labute approximate surface area is 145 Å². The Morgan fingerprint density at radius 2 is 2.23 bits per heavy atom. The Balaban J connectivity index is 1.96. The minimum Gasteiger partial charge on any atom is -0.465 e. The van der Waals surface area contributed by atoms with Gasteiger partial charge in [0, 0.05) is 11.9 Å². The van der Waals surface area contributed by atoms with Gasteiger partial charge in [-0.15, -0.1) is 11.3 Å². The highest BCUT2D eigenvalue weighted by atomic mass is 127. The summed E-state index contributed by atoms with van der Waals surface area (Å²) >= 11 is 3.53. The SMILES string of the molecule is COC(=O)c1c(NC(=O)c2c(I)cnn2C)sc2c1CCC2. The predicted octanol–water partition coefficient (Wildman–Crippen LogP) is 2.61. The van der Waals surface area contributed by atoms with Crippen molar-refractivity contribution in [2.24, 2.45) is 7.05 Å². The number of ether oxygens (including phenoxy) is 1. The summed E-state index contributed by atoms with van der Waals surface area (Å²) in [4.78, 5) is 25.7. The van der Waals surface area contributed by atoms with E-state index in [1.807, 2.05) is 0 Å². The van der Waals surface area contributed by atoms with Crippen LogP contribution in [-0.2, 0) is 24.6 Å². The van der Waals surface area contributed by atoms with Crippen molar-refractivity contribution in [3.63, 3.8) is 0 Å². The summed E-state index contributed by atoms with van der Waals surface area (Å²) in [7, 11) is 3.07. The van der Waals surface area contributed by atoms with Crippen molar-refractivity contribution in [2.45, 2.75) is 19.3 Å². The highest BCUT2D eigenvalue weighted by Crippen LogP contribution is 2.39. The molecule has 0 unspecified atom stereocenters. The molecule has 8 heteroatoms. The molecule has 3 rings (SSSR count). The molecule has 0 saturated carbocycles. The Hall–Kier alpha value is -1.42. The lowest BCUT2D eigenvalue weighted by atomic mass is 10.1. The van der Waals surface area contributed by atoms with Gasteiger partial charge in [0.2, 0.25) is 0 Å². The minimum absolute atomic E-state index is 0.269. The zero-order valence-electron chi connectivity index (χ0n) is 12.1. The topological polar surface area (TPSA) is 73.2 Å². The summed E-state index contributed by atoms with van der Waals surface area (Å²) in [5.41, 5.74) is 2.00. The summed E-state index contributed by atoms with van der Waals surface area (Å²) < 4.78 is 7.17. The molecule has 1 aliphatic carbocycles. The lowest BCUT2D eigenvalue weighted by Crippen LogP contribution is -2.18. The number of fused-ring (bicyclic) bond motifs is 1. The third-order valence-electron chi connectivity index (χ3n) is 3.65. The van der Waals surface area contributed by atoms with Crippen LogP contribution in [0.1, 0.15) is 37.7 Å². The number of aromatic nitrogens is 2. The number of hydrogen-bond donors (Lipinski definition) is 1. The number of amides is 1. The molecule has 0 bridgehead atoms. The fraction of sp³-hybridized carbons (Fsp3) is 0.357. The van der Waals surface area contributed by atoms with Gasteiger partial charge in [0.05, 0.1) is 22.4 Å². The van der Waals surface area contributed by atoms with Crippen molar-refractivity contribution in [3.05, 3.63) is 31.5 Å². The van der Waals surface area contributed by atoms with E-state index in [4.69, 9.17) is 4.74 Å². The average Bonchev–Trinajstić information content (AvgIpc) is 3.13. The number of methoxy groups -OCH3 is 1. The predicted molar refractivity (Wildman–Crippen MR) is 91.6 cm³/mol. The van der Waals surface area contributed by atoms with Gasteiger partial charge in [-0.25, -0.2) is 4.79 Å². The molecule has 22 heavy (non-hydrogen) atoms. The molecule has 6 nitrogen and oxygen atoms in total. The Kier molecular flexibility index (Phi) is 4.22. The van der Waals surface area contributed by atoms with E-state index in [1.54, 1.807) is 13.2 Å². The first-order valence-corrected chi connectivity index (χ1v) is 8.64. The second kappa shape index (κ2) is 5.99. The highest BCUT2D eigenvalue weighted by Gasteiger charge is 2.28. The summed E-state index contributed by atoms with van der Waals surface area (Å²) in [6.45, 7) is 0. The molecular formula is C14H14IN3O3S. The molecule has 0 radical (unpaired) electrons. The molecule has 1 aliphatic rings. The van der Waals surface area contributed by atoms with Gasteiger partial charge in [0.25, 0.3) is 5.91 Å². The van der Waals surface area contributed by atoms with Gasteiger partial charge in [-0.05, 0) is 47.4 Å². The van der Waals surface area contributed by atoms with Crippen LogP contribution in [-0.4, -0.2) is 28.8 Å². The Bertz CT molecular complexity index is 746. The lowest BCUT2D eigenvalue weighted by Gasteiger charge is -2.07. The molecule has 0 aromatic carbocycles. The number of esters is 1. The molecule has 1 amide bonds. The molecule has 0 atom stereocenters. The van der Waals surface area contributed by atoms with E-state index in [9.17, 15) is 9.59 Å². The van der Waals surface area contributed by atoms with Crippen LogP contribution in [0.5, 0.6) is 0 Å². The monoisotopic (exact) mass is 431 g/mol. The summed E-state index contributed by atoms with van der Waals surface area (Å²) in [5, 5.41) is 7.48. The Morgan fingerprint density at radius 3 is 2.86 bits per heavy atom.